The number of imidazole rings is 1. The molecule has 0 spiro atoms. The first-order valence-corrected chi connectivity index (χ1v) is 7.46. The van der Waals surface area contributed by atoms with Gasteiger partial charge in [0.2, 0.25) is 5.91 Å². The lowest BCUT2D eigenvalue weighted by molar-refractivity contribution is -0.151. The molecule has 7 heteroatoms. The number of nitrogens with zero attached hydrogens (tertiary/aromatic N) is 3. The van der Waals surface area contributed by atoms with Gasteiger partial charge in [-0.2, -0.15) is 0 Å². The Morgan fingerprint density at radius 3 is 3.05 bits per heavy atom. The lowest BCUT2D eigenvalue weighted by Gasteiger charge is -2.32. The first-order chi connectivity index (χ1) is 9.65. The summed E-state index contributed by atoms with van der Waals surface area (Å²) in [6.45, 7) is 0.526. The van der Waals surface area contributed by atoms with E-state index in [9.17, 15) is 14.7 Å². The summed E-state index contributed by atoms with van der Waals surface area (Å²) in [7, 11) is 0. The molecule has 3 heterocycles. The van der Waals surface area contributed by atoms with Gasteiger partial charge in [0.15, 0.2) is 4.96 Å². The second-order valence-corrected chi connectivity index (χ2v) is 5.81. The molecule has 1 amide bonds. The first kappa shape index (κ1) is 13.1. The third-order valence-corrected chi connectivity index (χ3v) is 4.35. The Hall–Kier alpha value is -1.89. The minimum Gasteiger partial charge on any atom is -0.480 e. The molecule has 1 aliphatic heterocycles. The molecule has 0 unspecified atom stereocenters. The highest BCUT2D eigenvalue weighted by Gasteiger charge is 2.31. The van der Waals surface area contributed by atoms with E-state index in [4.69, 9.17) is 0 Å². The summed E-state index contributed by atoms with van der Waals surface area (Å²) in [5.41, 5.74) is 0.691. The third kappa shape index (κ3) is 2.40. The zero-order valence-electron chi connectivity index (χ0n) is 10.9. The standard InChI is InChI=1S/C13H15N3O3S/c17-11(16-4-2-1-3-10(16)12(18)19)7-9-8-15-5-6-20-13(15)14-9/h5-6,8,10H,1-4,7H2,(H,18,19)/t10-/m1/s1. The van der Waals surface area contributed by atoms with Crippen LogP contribution < -0.4 is 0 Å². The number of carbonyl (C=O) groups excluding carboxylic acids is 1. The van der Waals surface area contributed by atoms with Crippen molar-refractivity contribution in [1.29, 1.82) is 0 Å². The third-order valence-electron chi connectivity index (χ3n) is 3.58. The first-order valence-electron chi connectivity index (χ1n) is 6.58. The van der Waals surface area contributed by atoms with Crippen LogP contribution in [0.25, 0.3) is 4.96 Å². The van der Waals surface area contributed by atoms with Gasteiger partial charge in [0.05, 0.1) is 12.1 Å². The van der Waals surface area contributed by atoms with Crippen LogP contribution in [0.1, 0.15) is 25.0 Å². The van der Waals surface area contributed by atoms with Crippen LogP contribution in [0.15, 0.2) is 17.8 Å². The Morgan fingerprint density at radius 1 is 1.45 bits per heavy atom. The number of hydrogen-bond acceptors (Lipinski definition) is 4. The van der Waals surface area contributed by atoms with Gasteiger partial charge < -0.3 is 10.0 Å². The quantitative estimate of drug-likeness (QED) is 0.928. The number of carboxylic acid groups (broad SMARTS) is 1. The summed E-state index contributed by atoms with van der Waals surface area (Å²) in [4.78, 5) is 30.2. The lowest BCUT2D eigenvalue weighted by atomic mass is 10.0. The Kier molecular flexibility index (Phi) is 3.43. The SMILES string of the molecule is O=C(O)[C@H]1CCCCN1C(=O)Cc1cn2ccsc2n1. The van der Waals surface area contributed by atoms with Crippen LogP contribution in [0.4, 0.5) is 0 Å². The number of rotatable bonds is 3. The number of thiazole rings is 1. The number of likely N-dealkylation sites (tertiary alicyclic amines) is 1. The number of carboxylic acids is 1. The fourth-order valence-electron chi connectivity index (χ4n) is 2.60. The topological polar surface area (TPSA) is 74.9 Å². The Labute approximate surface area is 119 Å². The van der Waals surface area contributed by atoms with Crippen LogP contribution in [-0.4, -0.2) is 43.9 Å². The second-order valence-electron chi connectivity index (χ2n) is 4.94. The van der Waals surface area contributed by atoms with Crippen molar-refractivity contribution >= 4 is 28.2 Å². The van der Waals surface area contributed by atoms with E-state index in [1.54, 1.807) is 0 Å². The summed E-state index contributed by atoms with van der Waals surface area (Å²) in [6, 6.07) is -0.681. The molecule has 0 bridgehead atoms. The highest BCUT2D eigenvalue weighted by atomic mass is 32.1. The monoisotopic (exact) mass is 293 g/mol. The fourth-order valence-corrected chi connectivity index (χ4v) is 3.32. The van der Waals surface area contributed by atoms with Crippen molar-refractivity contribution in [3.63, 3.8) is 0 Å². The average molecular weight is 293 g/mol. The van der Waals surface area contributed by atoms with Crippen LogP contribution in [-0.2, 0) is 16.0 Å². The van der Waals surface area contributed by atoms with E-state index < -0.39 is 12.0 Å². The smallest absolute Gasteiger partial charge is 0.326 e. The Balaban J connectivity index is 1.74. The maximum atomic E-state index is 12.3. The number of aromatic nitrogens is 2. The maximum absolute atomic E-state index is 12.3. The maximum Gasteiger partial charge on any atom is 0.326 e. The summed E-state index contributed by atoms with van der Waals surface area (Å²) >= 11 is 1.51. The van der Waals surface area contributed by atoms with E-state index in [2.05, 4.69) is 4.98 Å². The molecule has 0 aliphatic carbocycles. The number of aliphatic carboxylic acids is 1. The van der Waals surface area contributed by atoms with Gasteiger partial charge in [0.1, 0.15) is 6.04 Å². The minimum atomic E-state index is -0.913. The molecule has 1 aliphatic rings. The molecule has 6 nitrogen and oxygen atoms in total. The molecule has 0 radical (unpaired) electrons. The van der Waals surface area contributed by atoms with Crippen LogP contribution in [0, 0.1) is 0 Å². The molecule has 1 fully saturated rings. The van der Waals surface area contributed by atoms with Crippen LogP contribution >= 0.6 is 11.3 Å². The van der Waals surface area contributed by atoms with Gasteiger partial charge >= 0.3 is 5.97 Å². The minimum absolute atomic E-state index is 0.150. The highest BCUT2D eigenvalue weighted by molar-refractivity contribution is 7.15. The molecule has 2 aromatic rings. The van der Waals surface area contributed by atoms with Crippen LogP contribution in [0.5, 0.6) is 0 Å². The molecular formula is C13H15N3O3S. The molecule has 106 valence electrons. The molecule has 1 N–H and O–H groups in total. The molecule has 1 atom stereocenters. The lowest BCUT2D eigenvalue weighted by Crippen LogP contribution is -2.48. The predicted molar refractivity (Wildman–Crippen MR) is 73.8 cm³/mol. The predicted octanol–water partition coefficient (Wildman–Crippen LogP) is 1.40. The number of hydrogen-bond donors (Lipinski definition) is 1. The Morgan fingerprint density at radius 2 is 2.30 bits per heavy atom. The van der Waals surface area contributed by atoms with Crippen molar-refractivity contribution < 1.29 is 14.7 Å². The average Bonchev–Trinajstić information content (AvgIpc) is 2.99. The fraction of sp³-hybridized carbons (Fsp3) is 0.462. The Bertz CT molecular complexity index is 620. The zero-order chi connectivity index (χ0) is 14.1. The number of piperidine rings is 1. The molecular weight excluding hydrogens is 278 g/mol. The number of fused-ring (bicyclic) bond motifs is 1. The van der Waals surface area contributed by atoms with E-state index >= 15 is 0 Å². The highest BCUT2D eigenvalue weighted by Crippen LogP contribution is 2.19. The normalized spacial score (nSPS) is 19.4. The zero-order valence-corrected chi connectivity index (χ0v) is 11.7. The van der Waals surface area contributed by atoms with Gasteiger partial charge in [-0.15, -0.1) is 11.3 Å². The second kappa shape index (κ2) is 5.24. The summed E-state index contributed by atoms with van der Waals surface area (Å²) in [6.07, 6.45) is 6.15. The van der Waals surface area contributed by atoms with Crippen molar-refractivity contribution in [1.82, 2.24) is 14.3 Å². The molecule has 1 saturated heterocycles. The van der Waals surface area contributed by atoms with Crippen LogP contribution in [0.3, 0.4) is 0 Å². The number of carbonyl (C=O) groups is 2. The van der Waals surface area contributed by atoms with Crippen LogP contribution in [0.2, 0.25) is 0 Å². The van der Waals surface area contributed by atoms with E-state index in [1.165, 1.54) is 16.2 Å². The van der Waals surface area contributed by atoms with Gasteiger partial charge in [-0.25, -0.2) is 9.78 Å². The largest absolute Gasteiger partial charge is 0.480 e. The number of amides is 1. The van der Waals surface area contributed by atoms with Crippen molar-refractivity contribution in [2.24, 2.45) is 0 Å². The van der Waals surface area contributed by atoms with Crippen molar-refractivity contribution in [3.05, 3.63) is 23.5 Å². The molecule has 3 rings (SSSR count). The molecule has 2 aromatic heterocycles. The van der Waals surface area contributed by atoms with Crippen molar-refractivity contribution in [2.45, 2.75) is 31.7 Å². The van der Waals surface area contributed by atoms with Gasteiger partial charge in [-0.05, 0) is 19.3 Å². The van der Waals surface area contributed by atoms with Gasteiger partial charge in [0.25, 0.3) is 0 Å². The van der Waals surface area contributed by atoms with E-state index in [-0.39, 0.29) is 12.3 Å². The van der Waals surface area contributed by atoms with Gasteiger partial charge in [0, 0.05) is 24.3 Å². The van der Waals surface area contributed by atoms with Crippen molar-refractivity contribution in [3.8, 4) is 0 Å². The van der Waals surface area contributed by atoms with E-state index in [1.807, 2.05) is 22.2 Å². The van der Waals surface area contributed by atoms with Gasteiger partial charge in [-0.1, -0.05) is 0 Å². The summed E-state index contributed by atoms with van der Waals surface area (Å²) in [5.74, 6) is -1.06. The summed E-state index contributed by atoms with van der Waals surface area (Å²) in [5, 5.41) is 11.1. The molecule has 0 saturated carbocycles. The van der Waals surface area contributed by atoms with E-state index in [0.717, 1.165) is 17.8 Å². The summed E-state index contributed by atoms with van der Waals surface area (Å²) < 4.78 is 1.87. The molecule has 20 heavy (non-hydrogen) atoms. The van der Waals surface area contributed by atoms with Crippen molar-refractivity contribution in [2.75, 3.05) is 6.54 Å². The van der Waals surface area contributed by atoms with Gasteiger partial charge in [-0.3, -0.25) is 9.20 Å². The van der Waals surface area contributed by atoms with E-state index in [0.29, 0.717) is 18.7 Å². The molecule has 0 aromatic carbocycles.